The molecule has 1 radical (unpaired) electrons. The Bertz CT molecular complexity index is 110. The van der Waals surface area contributed by atoms with Crippen molar-refractivity contribution in [1.82, 2.24) is 4.90 Å². The molecule has 2 heteroatoms. The van der Waals surface area contributed by atoms with Crippen LogP contribution in [0.25, 0.3) is 0 Å². The van der Waals surface area contributed by atoms with Crippen LogP contribution >= 0.6 is 0 Å². The van der Waals surface area contributed by atoms with Gasteiger partial charge in [-0.2, -0.15) is 0 Å². The zero-order valence-corrected chi connectivity index (χ0v) is 6.42. The molecule has 0 fully saturated rings. The van der Waals surface area contributed by atoms with Gasteiger partial charge in [-0.1, -0.05) is 12.2 Å². The summed E-state index contributed by atoms with van der Waals surface area (Å²) in [7, 11) is 1.78. The van der Waals surface area contributed by atoms with E-state index in [2.05, 4.69) is 6.92 Å². The van der Waals surface area contributed by atoms with E-state index in [1.165, 1.54) is 0 Å². The molecule has 0 saturated carbocycles. The summed E-state index contributed by atoms with van der Waals surface area (Å²) in [6, 6.07) is 0. The lowest BCUT2D eigenvalue weighted by atomic mass is 10.3. The van der Waals surface area contributed by atoms with Crippen LogP contribution < -0.4 is 0 Å². The molecular weight excluding hydrogens is 126 g/mol. The molecule has 1 amide bonds. The highest BCUT2D eigenvalue weighted by molar-refractivity contribution is 5.46. The van der Waals surface area contributed by atoms with Crippen LogP contribution in [0, 0.1) is 6.92 Å². The first-order valence-corrected chi connectivity index (χ1v) is 3.41. The summed E-state index contributed by atoms with van der Waals surface area (Å²) >= 11 is 0. The standard InChI is InChI=1S/C8H14NO/c1-3-4-5-6-7-9(2)8-10/h3-4,8H,1,5-7H2,2H3. The molecule has 0 aliphatic carbocycles. The Morgan fingerprint density at radius 2 is 2.30 bits per heavy atom. The van der Waals surface area contributed by atoms with Crippen molar-refractivity contribution < 1.29 is 4.79 Å². The van der Waals surface area contributed by atoms with Crippen LogP contribution in [0.5, 0.6) is 0 Å². The van der Waals surface area contributed by atoms with Crippen molar-refractivity contribution in [3.63, 3.8) is 0 Å². The molecule has 0 aromatic carbocycles. The summed E-state index contributed by atoms with van der Waals surface area (Å²) in [6.45, 7) is 4.39. The van der Waals surface area contributed by atoms with E-state index in [0.717, 1.165) is 25.8 Å². The van der Waals surface area contributed by atoms with E-state index < -0.39 is 0 Å². The van der Waals surface area contributed by atoms with E-state index in [9.17, 15) is 4.79 Å². The molecular formula is C8H14NO. The molecule has 0 aromatic heterocycles. The lowest BCUT2D eigenvalue weighted by Gasteiger charge is -2.07. The third-order valence-corrected chi connectivity index (χ3v) is 1.23. The quantitative estimate of drug-likeness (QED) is 0.415. The van der Waals surface area contributed by atoms with Crippen molar-refractivity contribution >= 4 is 6.41 Å². The highest BCUT2D eigenvalue weighted by Crippen LogP contribution is 1.91. The van der Waals surface area contributed by atoms with Crippen LogP contribution in [0.3, 0.4) is 0 Å². The lowest BCUT2D eigenvalue weighted by Crippen LogP contribution is -2.16. The number of nitrogens with zero attached hydrogens (tertiary/aromatic N) is 1. The van der Waals surface area contributed by atoms with Gasteiger partial charge in [0.1, 0.15) is 0 Å². The molecule has 0 saturated heterocycles. The fourth-order valence-electron chi connectivity index (χ4n) is 0.629. The first kappa shape index (κ1) is 9.21. The number of hydrogen-bond acceptors (Lipinski definition) is 1. The Morgan fingerprint density at radius 1 is 1.60 bits per heavy atom. The van der Waals surface area contributed by atoms with Crippen LogP contribution in [-0.2, 0) is 4.79 Å². The molecule has 0 aliphatic rings. The van der Waals surface area contributed by atoms with Gasteiger partial charge in [0.15, 0.2) is 0 Å². The normalized spacial score (nSPS) is 10.2. The first-order valence-electron chi connectivity index (χ1n) is 3.41. The van der Waals surface area contributed by atoms with E-state index >= 15 is 0 Å². The molecule has 57 valence electrons. The number of rotatable bonds is 5. The molecule has 10 heavy (non-hydrogen) atoms. The third-order valence-electron chi connectivity index (χ3n) is 1.23. The average Bonchev–Trinajstić information content (AvgIpc) is 1.98. The van der Waals surface area contributed by atoms with Crippen molar-refractivity contribution in [2.75, 3.05) is 13.6 Å². The van der Waals surface area contributed by atoms with Gasteiger partial charge in [0.05, 0.1) is 0 Å². The van der Waals surface area contributed by atoms with Crippen LogP contribution in [0.2, 0.25) is 0 Å². The molecule has 0 spiro atoms. The molecule has 0 bridgehead atoms. The first-order chi connectivity index (χ1) is 4.81. The fourth-order valence-corrected chi connectivity index (χ4v) is 0.629. The number of unbranched alkanes of at least 4 members (excludes halogenated alkanes) is 1. The fraction of sp³-hybridized carbons (Fsp3) is 0.500. The maximum Gasteiger partial charge on any atom is 0.209 e. The largest absolute Gasteiger partial charge is 0.348 e. The third kappa shape index (κ3) is 5.35. The minimum absolute atomic E-state index is 0.827. The number of carbonyl (C=O) groups is 1. The highest BCUT2D eigenvalue weighted by Gasteiger charge is 1.89. The number of allylic oxidation sites excluding steroid dienone is 2. The Morgan fingerprint density at radius 3 is 2.80 bits per heavy atom. The molecule has 0 aromatic rings. The predicted octanol–water partition coefficient (Wildman–Crippen LogP) is 1.25. The van der Waals surface area contributed by atoms with Crippen molar-refractivity contribution in [3.05, 3.63) is 19.1 Å². The SMILES string of the molecule is [CH2]C=CCCCN(C)C=O. The molecule has 0 N–H and O–H groups in total. The van der Waals surface area contributed by atoms with Crippen LogP contribution in [0.4, 0.5) is 0 Å². The second-order valence-electron chi connectivity index (χ2n) is 2.20. The molecule has 0 unspecified atom stereocenters. The van der Waals surface area contributed by atoms with Gasteiger partial charge in [-0.15, -0.1) is 0 Å². The zero-order chi connectivity index (χ0) is 7.82. The van der Waals surface area contributed by atoms with E-state index in [0.29, 0.717) is 0 Å². The van der Waals surface area contributed by atoms with Crippen LogP contribution in [-0.4, -0.2) is 24.9 Å². The van der Waals surface area contributed by atoms with Gasteiger partial charge in [0.2, 0.25) is 6.41 Å². The van der Waals surface area contributed by atoms with Crippen molar-refractivity contribution in [2.24, 2.45) is 0 Å². The maximum absolute atomic E-state index is 10.1. The lowest BCUT2D eigenvalue weighted by molar-refractivity contribution is -0.117. The Kier molecular flexibility index (Phi) is 5.83. The summed E-state index contributed by atoms with van der Waals surface area (Å²) in [5.74, 6) is 0. The monoisotopic (exact) mass is 140 g/mol. The van der Waals surface area contributed by atoms with E-state index in [4.69, 9.17) is 0 Å². The topological polar surface area (TPSA) is 20.3 Å². The Hall–Kier alpha value is -0.790. The molecule has 0 atom stereocenters. The number of amides is 1. The molecule has 0 heterocycles. The van der Waals surface area contributed by atoms with E-state index in [1.54, 1.807) is 18.0 Å². The second kappa shape index (κ2) is 6.33. The minimum atomic E-state index is 0.827. The summed E-state index contributed by atoms with van der Waals surface area (Å²) in [6.07, 6.45) is 6.64. The van der Waals surface area contributed by atoms with E-state index in [-0.39, 0.29) is 0 Å². The zero-order valence-electron chi connectivity index (χ0n) is 6.42. The summed E-state index contributed by atoms with van der Waals surface area (Å²) < 4.78 is 0. The van der Waals surface area contributed by atoms with Crippen LogP contribution in [0.1, 0.15) is 12.8 Å². The highest BCUT2D eigenvalue weighted by atomic mass is 16.1. The van der Waals surface area contributed by atoms with Crippen molar-refractivity contribution in [3.8, 4) is 0 Å². The molecule has 0 aliphatic heterocycles. The average molecular weight is 140 g/mol. The smallest absolute Gasteiger partial charge is 0.209 e. The summed E-state index contributed by atoms with van der Waals surface area (Å²) in [5, 5.41) is 0. The van der Waals surface area contributed by atoms with Crippen LogP contribution in [0.15, 0.2) is 12.2 Å². The van der Waals surface area contributed by atoms with Gasteiger partial charge >= 0.3 is 0 Å². The summed E-state index contributed by atoms with van der Waals surface area (Å²) in [5.41, 5.74) is 0. The van der Waals surface area contributed by atoms with Gasteiger partial charge in [0.25, 0.3) is 0 Å². The van der Waals surface area contributed by atoms with Gasteiger partial charge in [-0.05, 0) is 19.8 Å². The Balaban J connectivity index is 3.11. The van der Waals surface area contributed by atoms with Gasteiger partial charge in [-0.25, -0.2) is 0 Å². The Labute approximate surface area is 62.5 Å². The van der Waals surface area contributed by atoms with Crippen molar-refractivity contribution in [1.29, 1.82) is 0 Å². The maximum atomic E-state index is 10.1. The second-order valence-corrected chi connectivity index (χ2v) is 2.20. The van der Waals surface area contributed by atoms with Gasteiger partial charge in [0, 0.05) is 13.6 Å². The van der Waals surface area contributed by atoms with Gasteiger partial charge < -0.3 is 4.90 Å². The minimum Gasteiger partial charge on any atom is -0.348 e. The van der Waals surface area contributed by atoms with Gasteiger partial charge in [-0.3, -0.25) is 4.79 Å². The molecule has 2 nitrogen and oxygen atoms in total. The predicted molar refractivity (Wildman–Crippen MR) is 42.4 cm³/mol. The van der Waals surface area contributed by atoms with E-state index in [1.807, 2.05) is 6.08 Å². The summed E-state index contributed by atoms with van der Waals surface area (Å²) in [4.78, 5) is 11.7. The number of carbonyl (C=O) groups excluding carboxylic acids is 1. The molecule has 0 rings (SSSR count). The van der Waals surface area contributed by atoms with Crippen molar-refractivity contribution in [2.45, 2.75) is 12.8 Å². The number of hydrogen-bond donors (Lipinski definition) is 0.